The molecule has 1 saturated heterocycles. The molecule has 176 valence electrons. The van der Waals surface area contributed by atoms with E-state index in [1.165, 1.54) is 4.90 Å². The molecule has 1 aromatic heterocycles. The molecule has 0 aliphatic carbocycles. The summed E-state index contributed by atoms with van der Waals surface area (Å²) >= 11 is 0. The van der Waals surface area contributed by atoms with Crippen molar-refractivity contribution in [3.63, 3.8) is 0 Å². The van der Waals surface area contributed by atoms with Gasteiger partial charge in [0.2, 0.25) is 17.7 Å². The first-order valence-corrected chi connectivity index (χ1v) is 11.1. The molecule has 2 heterocycles. The number of likely N-dealkylation sites (tertiary alicyclic amines) is 1. The van der Waals surface area contributed by atoms with Gasteiger partial charge in [0.1, 0.15) is 11.9 Å². The first-order chi connectivity index (χ1) is 15.9. The Balaban J connectivity index is 1.74. The molecule has 0 saturated carbocycles. The fraction of sp³-hybridized carbons (Fsp3) is 0.440. The van der Waals surface area contributed by atoms with E-state index in [0.717, 1.165) is 5.56 Å². The third-order valence-electron chi connectivity index (χ3n) is 5.82. The molecule has 1 aliphatic rings. The lowest BCUT2D eigenvalue weighted by atomic mass is 9.74. The summed E-state index contributed by atoms with van der Waals surface area (Å²) in [5.41, 5.74) is 0.374. The van der Waals surface area contributed by atoms with Gasteiger partial charge in [0.05, 0.1) is 18.2 Å². The summed E-state index contributed by atoms with van der Waals surface area (Å²) in [4.78, 5) is 44.7. The molecule has 0 unspecified atom stereocenters. The number of hydrogen-bond acceptors (Lipinski definition) is 6. The van der Waals surface area contributed by atoms with Gasteiger partial charge in [-0.05, 0) is 43.5 Å². The van der Waals surface area contributed by atoms with Crippen molar-refractivity contribution in [2.24, 2.45) is 0 Å². The van der Waals surface area contributed by atoms with Crippen LogP contribution >= 0.6 is 0 Å². The zero-order chi connectivity index (χ0) is 23.8. The maximum absolute atomic E-state index is 13.6. The number of methoxy groups -OCH3 is 1. The molecule has 2 atom stereocenters. The quantitative estimate of drug-likeness (QED) is 0.414. The standard InChI is InChI=1S/C25H31N3O5/c1-18-8-4-5-10-21(18)25(15-23(30)28(24(25)31)12-7-13-32-3)14-22(29)27-16-19(2)33-20-9-6-11-26-17-20/h4-6,8-11,17,19H,7,12-16H2,1-3H3,(H,27,29)/t19-,25+/m0/s1. The van der Waals surface area contributed by atoms with E-state index in [0.29, 0.717) is 24.3 Å². The molecule has 2 aromatic rings. The SMILES string of the molecule is COCCCN1C(=O)C[C@](CC(=O)NC[C@H](C)Oc2cccnc2)(c2ccccc2C)C1=O. The molecule has 3 amide bonds. The molecule has 8 nitrogen and oxygen atoms in total. The molecule has 3 rings (SSSR count). The lowest BCUT2D eigenvalue weighted by Crippen LogP contribution is -2.44. The third kappa shape index (κ3) is 5.76. The van der Waals surface area contributed by atoms with Crippen molar-refractivity contribution < 1.29 is 23.9 Å². The van der Waals surface area contributed by atoms with Crippen molar-refractivity contribution in [1.29, 1.82) is 0 Å². The lowest BCUT2D eigenvalue weighted by molar-refractivity contribution is -0.141. The number of aryl methyl sites for hydroxylation is 1. The summed E-state index contributed by atoms with van der Waals surface area (Å²) in [6, 6.07) is 11.0. The van der Waals surface area contributed by atoms with E-state index in [-0.39, 0.29) is 49.8 Å². The second-order valence-electron chi connectivity index (χ2n) is 8.37. The number of ether oxygens (including phenoxy) is 2. The van der Waals surface area contributed by atoms with E-state index < -0.39 is 5.41 Å². The zero-order valence-corrected chi connectivity index (χ0v) is 19.4. The number of carbonyl (C=O) groups excluding carboxylic acids is 3. The van der Waals surface area contributed by atoms with Crippen LogP contribution < -0.4 is 10.1 Å². The van der Waals surface area contributed by atoms with Gasteiger partial charge in [-0.15, -0.1) is 0 Å². The van der Waals surface area contributed by atoms with E-state index >= 15 is 0 Å². The Hall–Kier alpha value is -3.26. The molecule has 1 N–H and O–H groups in total. The minimum Gasteiger partial charge on any atom is -0.487 e. The van der Waals surface area contributed by atoms with Gasteiger partial charge in [-0.3, -0.25) is 24.3 Å². The summed E-state index contributed by atoms with van der Waals surface area (Å²) in [5.74, 6) is -0.285. The maximum Gasteiger partial charge on any atom is 0.240 e. The fourth-order valence-corrected chi connectivity index (χ4v) is 4.23. The smallest absolute Gasteiger partial charge is 0.240 e. The highest BCUT2D eigenvalue weighted by Crippen LogP contribution is 2.41. The van der Waals surface area contributed by atoms with E-state index in [4.69, 9.17) is 9.47 Å². The Kier molecular flexibility index (Phi) is 8.16. The Bertz CT molecular complexity index is 981. The molecule has 0 bridgehead atoms. The monoisotopic (exact) mass is 453 g/mol. The summed E-state index contributed by atoms with van der Waals surface area (Å²) in [5, 5.41) is 2.86. The van der Waals surface area contributed by atoms with E-state index in [9.17, 15) is 14.4 Å². The van der Waals surface area contributed by atoms with Crippen molar-refractivity contribution in [2.45, 2.75) is 44.6 Å². The van der Waals surface area contributed by atoms with Gasteiger partial charge in [0.15, 0.2) is 0 Å². The Morgan fingerprint density at radius 1 is 1.24 bits per heavy atom. The summed E-state index contributed by atoms with van der Waals surface area (Å²) in [6.45, 7) is 4.72. The number of nitrogens with one attached hydrogen (secondary N) is 1. The molecule has 0 radical (unpaired) electrons. The Labute approximate surface area is 194 Å². The predicted molar refractivity (Wildman–Crippen MR) is 123 cm³/mol. The molecular weight excluding hydrogens is 422 g/mol. The second-order valence-corrected chi connectivity index (χ2v) is 8.37. The van der Waals surface area contributed by atoms with Crippen LogP contribution in [0.25, 0.3) is 0 Å². The molecule has 1 fully saturated rings. The number of carbonyl (C=O) groups is 3. The van der Waals surface area contributed by atoms with Crippen LogP contribution in [-0.4, -0.2) is 60.5 Å². The van der Waals surface area contributed by atoms with Gasteiger partial charge in [-0.25, -0.2) is 0 Å². The minimum atomic E-state index is -1.22. The first-order valence-electron chi connectivity index (χ1n) is 11.1. The van der Waals surface area contributed by atoms with E-state index in [2.05, 4.69) is 10.3 Å². The van der Waals surface area contributed by atoms with Crippen molar-refractivity contribution in [2.75, 3.05) is 26.8 Å². The van der Waals surface area contributed by atoms with Gasteiger partial charge >= 0.3 is 0 Å². The fourth-order valence-electron chi connectivity index (χ4n) is 4.23. The molecule has 33 heavy (non-hydrogen) atoms. The van der Waals surface area contributed by atoms with Crippen LogP contribution in [0.5, 0.6) is 5.75 Å². The number of imide groups is 1. The average molecular weight is 454 g/mol. The summed E-state index contributed by atoms with van der Waals surface area (Å²) < 4.78 is 10.8. The highest BCUT2D eigenvalue weighted by atomic mass is 16.5. The highest BCUT2D eigenvalue weighted by Gasteiger charge is 2.53. The minimum absolute atomic E-state index is 0.0289. The van der Waals surface area contributed by atoms with Crippen LogP contribution in [0.15, 0.2) is 48.8 Å². The van der Waals surface area contributed by atoms with Crippen molar-refractivity contribution in [3.8, 4) is 5.75 Å². The normalized spacial score (nSPS) is 18.9. The summed E-state index contributed by atoms with van der Waals surface area (Å²) in [6.07, 6.45) is 3.38. The van der Waals surface area contributed by atoms with Crippen LogP contribution in [0.1, 0.15) is 37.3 Å². The molecule has 1 aliphatic heterocycles. The molecule has 8 heteroatoms. The number of rotatable bonds is 11. The number of nitrogens with zero attached hydrogens (tertiary/aromatic N) is 2. The van der Waals surface area contributed by atoms with E-state index in [1.807, 2.05) is 38.1 Å². The number of pyridine rings is 1. The number of amides is 3. The van der Waals surface area contributed by atoms with Gasteiger partial charge in [0, 0.05) is 39.3 Å². The van der Waals surface area contributed by atoms with Crippen molar-refractivity contribution in [3.05, 3.63) is 59.9 Å². The van der Waals surface area contributed by atoms with E-state index in [1.54, 1.807) is 31.6 Å². The van der Waals surface area contributed by atoms with Gasteiger partial charge in [-0.1, -0.05) is 24.3 Å². The van der Waals surface area contributed by atoms with Gasteiger partial charge < -0.3 is 14.8 Å². The summed E-state index contributed by atoms with van der Waals surface area (Å²) in [7, 11) is 1.58. The van der Waals surface area contributed by atoms with Gasteiger partial charge in [-0.2, -0.15) is 0 Å². The zero-order valence-electron chi connectivity index (χ0n) is 19.4. The largest absolute Gasteiger partial charge is 0.487 e. The number of hydrogen-bond donors (Lipinski definition) is 1. The predicted octanol–water partition coefficient (Wildman–Crippen LogP) is 2.40. The molecule has 0 spiro atoms. The molecule has 1 aromatic carbocycles. The van der Waals surface area contributed by atoms with Gasteiger partial charge in [0.25, 0.3) is 0 Å². The number of benzene rings is 1. The third-order valence-corrected chi connectivity index (χ3v) is 5.82. The number of aromatic nitrogens is 1. The van der Waals surface area contributed by atoms with Crippen molar-refractivity contribution in [1.82, 2.24) is 15.2 Å². The topological polar surface area (TPSA) is 97.8 Å². The van der Waals surface area contributed by atoms with Crippen LogP contribution in [0.3, 0.4) is 0 Å². The second kappa shape index (κ2) is 11.0. The van der Waals surface area contributed by atoms with Crippen LogP contribution in [-0.2, 0) is 24.5 Å². The van der Waals surface area contributed by atoms with Crippen LogP contribution in [0, 0.1) is 6.92 Å². The van der Waals surface area contributed by atoms with Crippen LogP contribution in [0.4, 0.5) is 0 Å². The van der Waals surface area contributed by atoms with Crippen molar-refractivity contribution >= 4 is 17.7 Å². The maximum atomic E-state index is 13.6. The Morgan fingerprint density at radius 3 is 2.73 bits per heavy atom. The lowest BCUT2D eigenvalue weighted by Gasteiger charge is -2.29. The highest BCUT2D eigenvalue weighted by molar-refractivity contribution is 6.10. The van der Waals surface area contributed by atoms with Crippen LogP contribution in [0.2, 0.25) is 0 Å². The average Bonchev–Trinajstić information content (AvgIpc) is 3.03. The first kappa shape index (κ1) is 24.4. The molecular formula is C25H31N3O5. The Morgan fingerprint density at radius 2 is 2.03 bits per heavy atom.